The summed E-state index contributed by atoms with van der Waals surface area (Å²) >= 11 is 5.90. The summed E-state index contributed by atoms with van der Waals surface area (Å²) in [4.78, 5) is 17.7. The van der Waals surface area contributed by atoms with Gasteiger partial charge in [0.2, 0.25) is 0 Å². The largest absolute Gasteiger partial charge is 0.319 e. The van der Waals surface area contributed by atoms with Crippen LogP contribution in [0.5, 0.6) is 0 Å². The van der Waals surface area contributed by atoms with Crippen molar-refractivity contribution in [3.05, 3.63) is 87.1 Å². The van der Waals surface area contributed by atoms with Gasteiger partial charge in [0.25, 0.3) is 5.91 Å². The zero-order chi connectivity index (χ0) is 22.3. The Hall–Kier alpha value is -3.25. The summed E-state index contributed by atoms with van der Waals surface area (Å²) in [6, 6.07) is 12.3. The van der Waals surface area contributed by atoms with Crippen molar-refractivity contribution in [2.24, 2.45) is 0 Å². The molecule has 0 saturated carbocycles. The van der Waals surface area contributed by atoms with Crippen LogP contribution in [0.2, 0.25) is 5.02 Å². The van der Waals surface area contributed by atoms with Crippen LogP contribution >= 0.6 is 11.6 Å². The van der Waals surface area contributed by atoms with Crippen molar-refractivity contribution >= 4 is 34.1 Å². The average Bonchev–Trinajstić information content (AvgIpc) is 2.97. The van der Waals surface area contributed by atoms with E-state index in [0.29, 0.717) is 23.5 Å². The molecule has 0 spiro atoms. The van der Waals surface area contributed by atoms with Crippen molar-refractivity contribution in [3.8, 4) is 0 Å². The Bertz CT molecular complexity index is 1330. The van der Waals surface area contributed by atoms with Gasteiger partial charge in [-0.2, -0.15) is 5.10 Å². The summed E-state index contributed by atoms with van der Waals surface area (Å²) in [5.74, 6) is -0.668. The van der Waals surface area contributed by atoms with Crippen molar-refractivity contribution in [1.82, 2.24) is 14.8 Å². The molecule has 1 N–H and O–H groups in total. The minimum atomic E-state index is -0.457. The first-order valence-corrected chi connectivity index (χ1v) is 10.3. The number of aryl methyl sites for hydroxylation is 3. The number of hydrogen-bond donors (Lipinski definition) is 1. The zero-order valence-electron chi connectivity index (χ0n) is 17.8. The Morgan fingerprint density at radius 2 is 1.87 bits per heavy atom. The molecule has 5 nitrogen and oxygen atoms in total. The first-order valence-electron chi connectivity index (χ1n) is 9.90. The third-order valence-corrected chi connectivity index (χ3v) is 5.56. The first kappa shape index (κ1) is 21.0. The van der Waals surface area contributed by atoms with Crippen molar-refractivity contribution < 1.29 is 9.18 Å². The van der Waals surface area contributed by atoms with Crippen molar-refractivity contribution in [2.75, 3.05) is 5.32 Å². The number of carbonyl (C=O) groups is 1. The number of hydrogen-bond acceptors (Lipinski definition) is 3. The smallest absolute Gasteiger partial charge is 0.256 e. The van der Waals surface area contributed by atoms with Gasteiger partial charge in [0, 0.05) is 11.1 Å². The van der Waals surface area contributed by atoms with Gasteiger partial charge < -0.3 is 5.32 Å². The number of nitrogens with zero attached hydrogens (tertiary/aromatic N) is 3. The number of fused-ring (bicyclic) bond motifs is 1. The summed E-state index contributed by atoms with van der Waals surface area (Å²) in [6.45, 7) is 8.01. The zero-order valence-corrected chi connectivity index (χ0v) is 18.5. The maximum Gasteiger partial charge on any atom is 0.256 e. The van der Waals surface area contributed by atoms with Gasteiger partial charge in [0.05, 0.1) is 39.7 Å². The molecule has 0 aliphatic rings. The van der Waals surface area contributed by atoms with E-state index in [1.807, 2.05) is 45.9 Å². The number of pyridine rings is 1. The van der Waals surface area contributed by atoms with E-state index in [4.69, 9.17) is 11.6 Å². The first-order chi connectivity index (χ1) is 14.7. The second-order valence-corrected chi connectivity index (χ2v) is 8.15. The number of amides is 1. The molecular formula is C24H22ClFN4O. The van der Waals surface area contributed by atoms with Gasteiger partial charge in [0.1, 0.15) is 5.82 Å². The lowest BCUT2D eigenvalue weighted by Crippen LogP contribution is -2.14. The molecule has 0 radical (unpaired) electrons. The topological polar surface area (TPSA) is 59.8 Å². The lowest BCUT2D eigenvalue weighted by molar-refractivity contribution is 0.102. The van der Waals surface area contributed by atoms with Crippen LogP contribution in [0.15, 0.2) is 42.5 Å². The number of halogens is 2. The molecule has 31 heavy (non-hydrogen) atoms. The summed E-state index contributed by atoms with van der Waals surface area (Å²) in [5, 5.41) is 8.46. The molecule has 2 aromatic carbocycles. The van der Waals surface area contributed by atoms with Gasteiger partial charge in [-0.15, -0.1) is 0 Å². The van der Waals surface area contributed by atoms with Crippen molar-refractivity contribution in [1.29, 1.82) is 0 Å². The van der Waals surface area contributed by atoms with E-state index in [1.54, 1.807) is 22.9 Å². The average molecular weight is 437 g/mol. The van der Waals surface area contributed by atoms with Gasteiger partial charge in [-0.05, 0) is 63.6 Å². The number of anilines is 1. The Morgan fingerprint density at radius 3 is 2.61 bits per heavy atom. The maximum absolute atomic E-state index is 13.4. The van der Waals surface area contributed by atoms with Crippen molar-refractivity contribution in [2.45, 2.75) is 34.2 Å². The predicted molar refractivity (Wildman–Crippen MR) is 121 cm³/mol. The number of rotatable bonds is 4. The quantitative estimate of drug-likeness (QED) is 0.442. The third kappa shape index (κ3) is 4.16. The van der Waals surface area contributed by atoms with Crippen LogP contribution in [0.1, 0.15) is 38.6 Å². The van der Waals surface area contributed by atoms with Gasteiger partial charge in [-0.25, -0.2) is 4.39 Å². The van der Waals surface area contributed by atoms with Crippen LogP contribution in [0, 0.1) is 33.5 Å². The maximum atomic E-state index is 13.4. The molecule has 2 heterocycles. The highest BCUT2D eigenvalue weighted by atomic mass is 35.5. The van der Waals surface area contributed by atoms with Crippen LogP contribution in [0.25, 0.3) is 10.9 Å². The molecule has 0 fully saturated rings. The molecule has 0 unspecified atom stereocenters. The minimum Gasteiger partial charge on any atom is -0.319 e. The van der Waals surface area contributed by atoms with Crippen LogP contribution in [0.4, 0.5) is 10.1 Å². The number of carbonyl (C=O) groups excluding carboxylic acids is 1. The highest BCUT2D eigenvalue weighted by Gasteiger charge is 2.18. The van der Waals surface area contributed by atoms with E-state index in [-0.39, 0.29) is 10.9 Å². The van der Waals surface area contributed by atoms with Crippen LogP contribution in [-0.2, 0) is 6.54 Å². The van der Waals surface area contributed by atoms with Crippen LogP contribution in [-0.4, -0.2) is 20.7 Å². The molecule has 0 bridgehead atoms. The highest BCUT2D eigenvalue weighted by molar-refractivity contribution is 6.30. The van der Waals surface area contributed by atoms with Gasteiger partial charge in [-0.1, -0.05) is 29.3 Å². The van der Waals surface area contributed by atoms with E-state index in [0.717, 1.165) is 33.4 Å². The van der Waals surface area contributed by atoms with E-state index >= 15 is 0 Å². The predicted octanol–water partition coefficient (Wildman–Crippen LogP) is 5.76. The van der Waals surface area contributed by atoms with Crippen LogP contribution < -0.4 is 5.32 Å². The molecule has 4 rings (SSSR count). The fourth-order valence-electron chi connectivity index (χ4n) is 3.68. The number of nitrogens with one attached hydrogen (secondary N) is 1. The summed E-state index contributed by atoms with van der Waals surface area (Å²) in [6.07, 6.45) is 0. The lowest BCUT2D eigenvalue weighted by Gasteiger charge is -2.11. The van der Waals surface area contributed by atoms with Crippen molar-refractivity contribution in [3.63, 3.8) is 0 Å². The number of benzene rings is 2. The molecule has 0 saturated heterocycles. The molecule has 7 heteroatoms. The Kier molecular flexibility index (Phi) is 5.50. The van der Waals surface area contributed by atoms with Gasteiger partial charge >= 0.3 is 0 Å². The van der Waals surface area contributed by atoms with E-state index < -0.39 is 5.82 Å². The minimum absolute atomic E-state index is 0.0720. The van der Waals surface area contributed by atoms with Crippen LogP contribution in [0.3, 0.4) is 0 Å². The monoisotopic (exact) mass is 436 g/mol. The Labute approximate surface area is 184 Å². The molecule has 4 aromatic rings. The van der Waals surface area contributed by atoms with Gasteiger partial charge in [0.15, 0.2) is 0 Å². The second kappa shape index (κ2) is 8.12. The molecule has 0 aliphatic heterocycles. The SMILES string of the molecule is Cc1ccc2nc(C)cc(C(=O)Nc3c(C)nn(Cc4ccc(F)c(Cl)c4)c3C)c2c1. The summed E-state index contributed by atoms with van der Waals surface area (Å²) in [7, 11) is 0. The van der Waals surface area contributed by atoms with E-state index in [9.17, 15) is 9.18 Å². The van der Waals surface area contributed by atoms with Gasteiger partial charge in [-0.3, -0.25) is 14.5 Å². The molecule has 0 atom stereocenters. The highest BCUT2D eigenvalue weighted by Crippen LogP contribution is 2.25. The normalized spacial score (nSPS) is 11.2. The Morgan fingerprint density at radius 1 is 1.10 bits per heavy atom. The molecule has 0 aliphatic carbocycles. The molecular weight excluding hydrogens is 415 g/mol. The number of aromatic nitrogens is 3. The summed E-state index contributed by atoms with van der Waals surface area (Å²) < 4.78 is 15.2. The fourth-order valence-corrected chi connectivity index (χ4v) is 3.89. The third-order valence-electron chi connectivity index (χ3n) is 5.27. The lowest BCUT2D eigenvalue weighted by atomic mass is 10.0. The van der Waals surface area contributed by atoms with E-state index in [1.165, 1.54) is 6.07 Å². The standard InChI is InChI=1S/C24H22ClFN4O/c1-13-5-8-22-18(9-13)19(10-14(2)27-22)24(31)28-23-15(3)29-30(16(23)4)12-17-6-7-21(26)20(25)11-17/h5-11H,12H2,1-4H3,(H,28,31). The van der Waals surface area contributed by atoms with E-state index in [2.05, 4.69) is 15.4 Å². The Balaban J connectivity index is 1.66. The molecule has 2 aromatic heterocycles. The second-order valence-electron chi connectivity index (χ2n) is 7.74. The molecule has 1 amide bonds. The fraction of sp³-hybridized carbons (Fsp3) is 0.208. The molecule has 158 valence electrons. The summed E-state index contributed by atoms with van der Waals surface area (Å²) in [5.41, 5.74) is 6.18.